The maximum atomic E-state index is 10.7. The van der Waals surface area contributed by atoms with Gasteiger partial charge in [0.05, 0.1) is 5.02 Å². The van der Waals surface area contributed by atoms with Crippen molar-refractivity contribution in [1.29, 1.82) is 0 Å². The summed E-state index contributed by atoms with van der Waals surface area (Å²) >= 11 is 5.97. The molecule has 0 radical (unpaired) electrons. The molecular weight excluding hydrogens is 256 g/mol. The number of benzene rings is 1. The van der Waals surface area contributed by atoms with Crippen LogP contribution in [0.15, 0.2) is 18.2 Å². The Morgan fingerprint density at radius 2 is 1.94 bits per heavy atom. The van der Waals surface area contributed by atoms with E-state index in [1.54, 1.807) is 18.2 Å². The van der Waals surface area contributed by atoms with Gasteiger partial charge in [-0.25, -0.2) is 0 Å². The molecule has 100 valence electrons. The van der Waals surface area contributed by atoms with Crippen LogP contribution < -0.4 is 4.74 Å². The fraction of sp³-hybridized carbons (Fsp3) is 0.462. The Kier molecular flexibility index (Phi) is 6.72. The molecule has 0 N–H and O–H groups in total. The third-order valence-electron chi connectivity index (χ3n) is 2.17. The normalized spacial score (nSPS) is 10.7. The second-order valence-electron chi connectivity index (χ2n) is 3.46. The zero-order valence-electron chi connectivity index (χ0n) is 10.5. The number of aldehydes is 1. The Morgan fingerprint density at radius 1 is 1.28 bits per heavy atom. The van der Waals surface area contributed by atoms with Crippen molar-refractivity contribution >= 4 is 17.9 Å². The van der Waals surface area contributed by atoms with Crippen molar-refractivity contribution in [2.45, 2.75) is 20.1 Å². The van der Waals surface area contributed by atoms with E-state index in [2.05, 4.69) is 0 Å². The Labute approximate surface area is 112 Å². The van der Waals surface area contributed by atoms with Gasteiger partial charge in [0.1, 0.15) is 18.6 Å². The topological polar surface area (TPSA) is 44.8 Å². The van der Waals surface area contributed by atoms with Gasteiger partial charge >= 0.3 is 0 Å². The molecule has 0 unspecified atom stereocenters. The third-order valence-corrected chi connectivity index (χ3v) is 2.48. The largest absolute Gasteiger partial charge is 0.487 e. The van der Waals surface area contributed by atoms with Crippen molar-refractivity contribution in [2.24, 2.45) is 0 Å². The molecule has 0 saturated heterocycles. The highest BCUT2D eigenvalue weighted by Gasteiger charge is 2.10. The van der Waals surface area contributed by atoms with E-state index in [1.807, 2.05) is 13.8 Å². The Balaban J connectivity index is 2.62. The average Bonchev–Trinajstić information content (AvgIpc) is 2.38. The molecule has 1 aromatic carbocycles. The maximum Gasteiger partial charge on any atom is 0.191 e. The summed E-state index contributed by atoms with van der Waals surface area (Å²) in [5.41, 5.74) is 0.513. The quantitative estimate of drug-likeness (QED) is 0.539. The van der Waals surface area contributed by atoms with Crippen LogP contribution in [0.4, 0.5) is 0 Å². The number of halogens is 1. The van der Waals surface area contributed by atoms with Crippen molar-refractivity contribution < 1.29 is 19.0 Å². The molecular formula is C13H17ClO4. The number of ether oxygens (including phenoxy) is 3. The Hall–Kier alpha value is -1.10. The SMILES string of the molecule is CCOC(COc1cc(C=O)ccc1Cl)OCC. The molecule has 0 aliphatic rings. The molecule has 0 aromatic heterocycles. The summed E-state index contributed by atoms with van der Waals surface area (Å²) in [6, 6.07) is 4.84. The molecule has 0 bridgehead atoms. The molecule has 0 saturated carbocycles. The van der Waals surface area contributed by atoms with Crippen LogP contribution >= 0.6 is 11.6 Å². The molecule has 0 aliphatic heterocycles. The highest BCUT2D eigenvalue weighted by atomic mass is 35.5. The lowest BCUT2D eigenvalue weighted by molar-refractivity contribution is -0.152. The fourth-order valence-electron chi connectivity index (χ4n) is 1.38. The first-order valence-corrected chi connectivity index (χ1v) is 6.19. The fourth-order valence-corrected chi connectivity index (χ4v) is 1.55. The molecule has 1 rings (SSSR count). The first kappa shape index (κ1) is 15.0. The van der Waals surface area contributed by atoms with Crippen LogP contribution in [0, 0.1) is 0 Å². The summed E-state index contributed by atoms with van der Waals surface area (Å²) in [4.78, 5) is 10.7. The monoisotopic (exact) mass is 272 g/mol. The number of hydrogen-bond acceptors (Lipinski definition) is 4. The van der Waals surface area contributed by atoms with Crippen LogP contribution in [0.25, 0.3) is 0 Å². The van der Waals surface area contributed by atoms with Crippen LogP contribution in [0.2, 0.25) is 5.02 Å². The van der Waals surface area contributed by atoms with Gasteiger partial charge < -0.3 is 14.2 Å². The minimum atomic E-state index is -0.434. The van der Waals surface area contributed by atoms with Crippen LogP contribution in [-0.2, 0) is 9.47 Å². The van der Waals surface area contributed by atoms with E-state index < -0.39 is 6.29 Å². The summed E-state index contributed by atoms with van der Waals surface area (Å²) in [6.45, 7) is 5.06. The van der Waals surface area contributed by atoms with Gasteiger partial charge in [-0.05, 0) is 32.0 Å². The van der Waals surface area contributed by atoms with Crippen molar-refractivity contribution in [3.05, 3.63) is 28.8 Å². The van der Waals surface area contributed by atoms with Crippen LogP contribution in [0.5, 0.6) is 5.75 Å². The lowest BCUT2D eigenvalue weighted by Gasteiger charge is -2.18. The smallest absolute Gasteiger partial charge is 0.191 e. The van der Waals surface area contributed by atoms with Crippen molar-refractivity contribution in [3.8, 4) is 5.75 Å². The van der Waals surface area contributed by atoms with E-state index in [9.17, 15) is 4.79 Å². The summed E-state index contributed by atoms with van der Waals surface area (Å²) in [7, 11) is 0. The zero-order valence-corrected chi connectivity index (χ0v) is 11.3. The molecule has 0 atom stereocenters. The number of carbonyl (C=O) groups excluding carboxylic acids is 1. The first-order chi connectivity index (χ1) is 8.71. The van der Waals surface area contributed by atoms with Gasteiger partial charge in [-0.15, -0.1) is 0 Å². The molecule has 5 heteroatoms. The maximum absolute atomic E-state index is 10.7. The summed E-state index contributed by atoms with van der Waals surface area (Å²) < 4.78 is 16.2. The van der Waals surface area contributed by atoms with Crippen LogP contribution in [0.3, 0.4) is 0 Å². The molecule has 0 amide bonds. The lowest BCUT2D eigenvalue weighted by Crippen LogP contribution is -2.25. The zero-order chi connectivity index (χ0) is 13.4. The van der Waals surface area contributed by atoms with Crippen LogP contribution in [-0.4, -0.2) is 32.4 Å². The van der Waals surface area contributed by atoms with Crippen molar-refractivity contribution in [1.82, 2.24) is 0 Å². The summed E-state index contributed by atoms with van der Waals surface area (Å²) in [5.74, 6) is 0.450. The van der Waals surface area contributed by atoms with Gasteiger partial charge in [-0.3, -0.25) is 4.79 Å². The van der Waals surface area contributed by atoms with Crippen molar-refractivity contribution in [2.75, 3.05) is 19.8 Å². The molecule has 0 aliphatic carbocycles. The second-order valence-corrected chi connectivity index (χ2v) is 3.87. The molecule has 1 aromatic rings. The van der Waals surface area contributed by atoms with Gasteiger partial charge in [0, 0.05) is 18.8 Å². The van der Waals surface area contributed by atoms with Gasteiger partial charge in [0.15, 0.2) is 6.29 Å². The van der Waals surface area contributed by atoms with E-state index in [0.717, 1.165) is 6.29 Å². The minimum absolute atomic E-state index is 0.226. The molecule has 0 heterocycles. The van der Waals surface area contributed by atoms with Crippen molar-refractivity contribution in [3.63, 3.8) is 0 Å². The van der Waals surface area contributed by atoms with E-state index in [-0.39, 0.29) is 6.61 Å². The number of carbonyl (C=O) groups is 1. The molecule has 18 heavy (non-hydrogen) atoms. The Morgan fingerprint density at radius 3 is 2.50 bits per heavy atom. The highest BCUT2D eigenvalue weighted by Crippen LogP contribution is 2.25. The average molecular weight is 273 g/mol. The Bertz CT molecular complexity index is 375. The van der Waals surface area contributed by atoms with Gasteiger partial charge in [0.25, 0.3) is 0 Å². The minimum Gasteiger partial charge on any atom is -0.487 e. The van der Waals surface area contributed by atoms with E-state index in [0.29, 0.717) is 29.5 Å². The van der Waals surface area contributed by atoms with E-state index in [4.69, 9.17) is 25.8 Å². The number of rotatable bonds is 8. The third kappa shape index (κ3) is 4.64. The highest BCUT2D eigenvalue weighted by molar-refractivity contribution is 6.32. The van der Waals surface area contributed by atoms with E-state index in [1.165, 1.54) is 0 Å². The van der Waals surface area contributed by atoms with Gasteiger partial charge in [0.2, 0.25) is 0 Å². The lowest BCUT2D eigenvalue weighted by atomic mass is 10.2. The molecule has 4 nitrogen and oxygen atoms in total. The molecule has 0 spiro atoms. The summed E-state index contributed by atoms with van der Waals surface area (Å²) in [5, 5.41) is 0.451. The molecule has 0 fully saturated rings. The number of hydrogen-bond donors (Lipinski definition) is 0. The standard InChI is InChI=1S/C13H17ClO4/c1-3-16-13(17-4-2)9-18-12-7-10(8-15)5-6-11(12)14/h5-8,13H,3-4,9H2,1-2H3. The predicted molar refractivity (Wildman–Crippen MR) is 69.4 cm³/mol. The summed E-state index contributed by atoms with van der Waals surface area (Å²) in [6.07, 6.45) is 0.308. The second kappa shape index (κ2) is 8.08. The first-order valence-electron chi connectivity index (χ1n) is 5.82. The predicted octanol–water partition coefficient (Wildman–Crippen LogP) is 2.93. The van der Waals surface area contributed by atoms with Gasteiger partial charge in [-0.1, -0.05) is 11.6 Å². The van der Waals surface area contributed by atoms with Crippen LogP contribution in [0.1, 0.15) is 24.2 Å². The van der Waals surface area contributed by atoms with Gasteiger partial charge in [-0.2, -0.15) is 0 Å². The van der Waals surface area contributed by atoms with E-state index >= 15 is 0 Å².